The van der Waals surface area contributed by atoms with Gasteiger partial charge in [0.05, 0.1) is 5.69 Å². The van der Waals surface area contributed by atoms with E-state index in [1.54, 1.807) is 11.0 Å². The van der Waals surface area contributed by atoms with E-state index in [-0.39, 0.29) is 18.3 Å². The van der Waals surface area contributed by atoms with E-state index in [1.165, 1.54) is 63.5 Å². The SMILES string of the molecule is CCCCCC1CC2CCC(C1)N2CC(C)CN1C(=O)COc2cc(F)ccc21. The summed E-state index contributed by atoms with van der Waals surface area (Å²) in [7, 11) is 0. The van der Waals surface area contributed by atoms with Crippen molar-refractivity contribution in [2.24, 2.45) is 11.8 Å². The summed E-state index contributed by atoms with van der Waals surface area (Å²) in [4.78, 5) is 17.0. The Kier molecular flexibility index (Phi) is 6.43. The van der Waals surface area contributed by atoms with Crippen LogP contribution >= 0.6 is 0 Å². The Hall–Kier alpha value is -1.62. The van der Waals surface area contributed by atoms with Crippen molar-refractivity contribution in [2.75, 3.05) is 24.6 Å². The number of amides is 1. The van der Waals surface area contributed by atoms with Crippen molar-refractivity contribution < 1.29 is 13.9 Å². The summed E-state index contributed by atoms with van der Waals surface area (Å²) in [6.45, 7) is 6.22. The van der Waals surface area contributed by atoms with Crippen LogP contribution in [0, 0.1) is 17.7 Å². The number of carbonyl (C=O) groups excluding carboxylic acids is 1. The molecule has 1 aromatic carbocycles. The summed E-state index contributed by atoms with van der Waals surface area (Å²) >= 11 is 0. The highest BCUT2D eigenvalue weighted by Gasteiger charge is 2.41. The first-order valence-electron chi connectivity index (χ1n) is 11.5. The zero-order chi connectivity index (χ0) is 20.4. The quantitative estimate of drug-likeness (QED) is 0.573. The van der Waals surface area contributed by atoms with Gasteiger partial charge in [-0.3, -0.25) is 9.69 Å². The Labute approximate surface area is 174 Å². The number of ether oxygens (including phenoxy) is 1. The van der Waals surface area contributed by atoms with Gasteiger partial charge in [-0.2, -0.15) is 0 Å². The molecule has 160 valence electrons. The van der Waals surface area contributed by atoms with Crippen molar-refractivity contribution in [3.63, 3.8) is 0 Å². The lowest BCUT2D eigenvalue weighted by atomic mass is 9.86. The van der Waals surface area contributed by atoms with Crippen LogP contribution in [0.15, 0.2) is 18.2 Å². The third-order valence-corrected chi connectivity index (χ3v) is 7.08. The van der Waals surface area contributed by atoms with Gasteiger partial charge < -0.3 is 9.64 Å². The number of fused-ring (bicyclic) bond motifs is 3. The van der Waals surface area contributed by atoms with Crippen LogP contribution < -0.4 is 9.64 Å². The van der Waals surface area contributed by atoms with E-state index in [1.807, 2.05) is 0 Å². The fraction of sp³-hybridized carbons (Fsp3) is 0.708. The average Bonchev–Trinajstić information content (AvgIpc) is 2.92. The molecular weight excluding hydrogens is 367 g/mol. The lowest BCUT2D eigenvalue weighted by molar-refractivity contribution is -0.121. The normalized spacial score (nSPS) is 27.6. The number of rotatable bonds is 8. The molecule has 3 aliphatic heterocycles. The van der Waals surface area contributed by atoms with Crippen LogP contribution in [-0.2, 0) is 4.79 Å². The first-order valence-corrected chi connectivity index (χ1v) is 11.5. The fourth-order valence-electron chi connectivity index (χ4n) is 5.71. The minimum Gasteiger partial charge on any atom is -0.481 e. The average molecular weight is 403 g/mol. The van der Waals surface area contributed by atoms with Gasteiger partial charge in [-0.1, -0.05) is 39.5 Å². The minimum atomic E-state index is -0.329. The van der Waals surface area contributed by atoms with E-state index in [0.717, 1.165) is 24.5 Å². The Bertz CT molecular complexity index is 711. The molecule has 3 unspecified atom stereocenters. The summed E-state index contributed by atoms with van der Waals surface area (Å²) < 4.78 is 19.0. The topological polar surface area (TPSA) is 32.8 Å². The predicted molar refractivity (Wildman–Crippen MR) is 114 cm³/mol. The molecule has 2 bridgehead atoms. The molecule has 1 amide bonds. The van der Waals surface area contributed by atoms with Gasteiger partial charge in [0.25, 0.3) is 5.91 Å². The first kappa shape index (κ1) is 20.6. The van der Waals surface area contributed by atoms with E-state index in [2.05, 4.69) is 18.7 Å². The Morgan fingerprint density at radius 1 is 1.17 bits per heavy atom. The highest BCUT2D eigenvalue weighted by atomic mass is 19.1. The van der Waals surface area contributed by atoms with Crippen LogP contribution in [0.2, 0.25) is 0 Å². The lowest BCUT2D eigenvalue weighted by Gasteiger charge is -2.41. The van der Waals surface area contributed by atoms with E-state index in [0.29, 0.717) is 23.9 Å². The zero-order valence-corrected chi connectivity index (χ0v) is 17.9. The molecule has 3 atom stereocenters. The number of anilines is 1. The molecule has 3 aliphatic rings. The third-order valence-electron chi connectivity index (χ3n) is 7.08. The monoisotopic (exact) mass is 402 g/mol. The highest BCUT2D eigenvalue weighted by Crippen LogP contribution is 2.41. The lowest BCUT2D eigenvalue weighted by Crippen LogP contribution is -2.48. The molecule has 2 fully saturated rings. The molecule has 0 aliphatic carbocycles. The molecule has 0 N–H and O–H groups in total. The molecule has 0 radical (unpaired) electrons. The zero-order valence-electron chi connectivity index (χ0n) is 17.9. The molecular formula is C24H35FN2O2. The van der Waals surface area contributed by atoms with Crippen LogP contribution in [0.1, 0.15) is 65.2 Å². The number of carbonyl (C=O) groups is 1. The molecule has 1 aromatic rings. The molecule has 4 rings (SSSR count). The van der Waals surface area contributed by atoms with Crippen LogP contribution in [0.3, 0.4) is 0 Å². The maximum absolute atomic E-state index is 13.5. The maximum atomic E-state index is 13.5. The minimum absolute atomic E-state index is 0.00240. The van der Waals surface area contributed by atoms with E-state index in [4.69, 9.17) is 4.74 Å². The number of piperidine rings is 1. The van der Waals surface area contributed by atoms with E-state index < -0.39 is 0 Å². The summed E-state index contributed by atoms with van der Waals surface area (Å²) in [6, 6.07) is 5.90. The van der Waals surface area contributed by atoms with Crippen LogP contribution in [0.5, 0.6) is 5.75 Å². The summed E-state index contributed by atoms with van der Waals surface area (Å²) in [6.07, 6.45) is 10.8. The van der Waals surface area contributed by atoms with Crippen molar-refractivity contribution in [3.8, 4) is 5.75 Å². The molecule has 5 heteroatoms. The second-order valence-electron chi connectivity index (χ2n) is 9.43. The van der Waals surface area contributed by atoms with Crippen LogP contribution in [-0.4, -0.2) is 42.6 Å². The van der Waals surface area contributed by atoms with Crippen LogP contribution in [0.4, 0.5) is 10.1 Å². The third kappa shape index (κ3) is 4.60. The number of unbranched alkanes of at least 4 members (excludes halogenated alkanes) is 2. The summed E-state index contributed by atoms with van der Waals surface area (Å²) in [5.74, 6) is 1.39. The molecule has 0 saturated carbocycles. The predicted octanol–water partition coefficient (Wildman–Crippen LogP) is 5.01. The smallest absolute Gasteiger partial charge is 0.265 e. The second-order valence-corrected chi connectivity index (χ2v) is 9.43. The summed E-state index contributed by atoms with van der Waals surface area (Å²) in [5.41, 5.74) is 0.701. The van der Waals surface area contributed by atoms with Gasteiger partial charge in [-0.25, -0.2) is 4.39 Å². The fourth-order valence-corrected chi connectivity index (χ4v) is 5.71. The molecule has 4 nitrogen and oxygen atoms in total. The first-order chi connectivity index (χ1) is 14.0. The number of benzene rings is 1. The molecule has 2 saturated heterocycles. The van der Waals surface area contributed by atoms with Crippen molar-refractivity contribution in [3.05, 3.63) is 24.0 Å². The van der Waals surface area contributed by atoms with Gasteiger partial charge in [0, 0.05) is 31.2 Å². The van der Waals surface area contributed by atoms with Crippen molar-refractivity contribution in [2.45, 2.75) is 77.3 Å². The molecule has 0 aromatic heterocycles. The second kappa shape index (κ2) is 9.03. The number of halogens is 1. The molecule has 3 heterocycles. The van der Waals surface area contributed by atoms with Gasteiger partial charge >= 0.3 is 0 Å². The Morgan fingerprint density at radius 2 is 1.93 bits per heavy atom. The standard InChI is InChI=1S/C24H35FN2O2/c1-3-4-5-6-18-11-20-8-9-21(12-18)26(20)14-17(2)15-27-22-10-7-19(25)13-23(22)29-16-24(27)28/h7,10,13,17-18,20-21H,3-6,8-9,11-12,14-16H2,1-2H3. The highest BCUT2D eigenvalue weighted by molar-refractivity contribution is 5.97. The number of nitrogens with zero attached hydrogens (tertiary/aromatic N) is 2. The Morgan fingerprint density at radius 3 is 2.66 bits per heavy atom. The maximum Gasteiger partial charge on any atom is 0.265 e. The summed E-state index contributed by atoms with van der Waals surface area (Å²) in [5, 5.41) is 0. The van der Waals surface area contributed by atoms with Crippen molar-refractivity contribution in [1.29, 1.82) is 0 Å². The molecule has 0 spiro atoms. The largest absolute Gasteiger partial charge is 0.481 e. The van der Waals surface area contributed by atoms with E-state index in [9.17, 15) is 9.18 Å². The van der Waals surface area contributed by atoms with Gasteiger partial charge in [0.1, 0.15) is 11.6 Å². The van der Waals surface area contributed by atoms with Crippen molar-refractivity contribution in [1.82, 2.24) is 4.90 Å². The number of hydrogen-bond donors (Lipinski definition) is 0. The van der Waals surface area contributed by atoms with Crippen molar-refractivity contribution >= 4 is 11.6 Å². The van der Waals surface area contributed by atoms with Gasteiger partial charge in [0.15, 0.2) is 6.61 Å². The number of hydrogen-bond acceptors (Lipinski definition) is 3. The van der Waals surface area contributed by atoms with Crippen LogP contribution in [0.25, 0.3) is 0 Å². The van der Waals surface area contributed by atoms with Gasteiger partial charge in [0.2, 0.25) is 0 Å². The van der Waals surface area contributed by atoms with Gasteiger partial charge in [-0.05, 0) is 49.7 Å². The molecule has 29 heavy (non-hydrogen) atoms. The van der Waals surface area contributed by atoms with Gasteiger partial charge in [-0.15, -0.1) is 0 Å². The Balaban J connectivity index is 1.35. The van der Waals surface area contributed by atoms with E-state index >= 15 is 0 Å².